The maximum Gasteiger partial charge on any atom is 0.343 e. The molecule has 18 heavy (non-hydrogen) atoms. The Balaban J connectivity index is 2.19. The Labute approximate surface area is 107 Å². The summed E-state index contributed by atoms with van der Waals surface area (Å²) in [5, 5.41) is 3.34. The van der Waals surface area contributed by atoms with Crippen molar-refractivity contribution in [3.63, 3.8) is 0 Å². The summed E-state index contributed by atoms with van der Waals surface area (Å²) in [7, 11) is 1.36. The molecule has 1 heterocycles. The molecule has 1 aromatic heterocycles. The number of nitrogens with one attached hydrogen (secondary N) is 1. The normalized spacial score (nSPS) is 22.8. The predicted molar refractivity (Wildman–Crippen MR) is 68.5 cm³/mol. The lowest BCUT2D eigenvalue weighted by atomic mass is 10.1. The number of methoxy groups -OCH3 is 1. The van der Waals surface area contributed by atoms with Gasteiger partial charge in [0.25, 0.3) is 0 Å². The van der Waals surface area contributed by atoms with Crippen molar-refractivity contribution >= 4 is 11.8 Å². The largest absolute Gasteiger partial charge is 0.465 e. The molecule has 0 spiro atoms. The standard InChI is InChI=1S/C13H19N3O2/c1-8-4-5-10(6-8)16-12-11(13(17)18-3)7-14-9(2)15-12/h7-8,10H,4-6H2,1-3H3,(H,14,15,16). The molecule has 0 saturated heterocycles. The van der Waals surface area contributed by atoms with Crippen molar-refractivity contribution in [2.24, 2.45) is 5.92 Å². The third kappa shape index (κ3) is 2.78. The van der Waals surface area contributed by atoms with E-state index in [-0.39, 0.29) is 0 Å². The lowest BCUT2D eigenvalue weighted by molar-refractivity contribution is 0.0601. The molecule has 5 heteroatoms. The predicted octanol–water partition coefficient (Wildman–Crippen LogP) is 2.17. The minimum absolute atomic E-state index is 0.387. The fourth-order valence-corrected chi connectivity index (χ4v) is 2.37. The molecule has 0 amide bonds. The highest BCUT2D eigenvalue weighted by Gasteiger charge is 2.23. The topological polar surface area (TPSA) is 64.1 Å². The summed E-state index contributed by atoms with van der Waals surface area (Å²) < 4.78 is 4.74. The van der Waals surface area contributed by atoms with Crippen LogP contribution in [0.15, 0.2) is 6.20 Å². The minimum Gasteiger partial charge on any atom is -0.465 e. The maximum atomic E-state index is 11.6. The van der Waals surface area contributed by atoms with Gasteiger partial charge in [-0.3, -0.25) is 0 Å². The Morgan fingerprint density at radius 2 is 2.28 bits per heavy atom. The van der Waals surface area contributed by atoms with E-state index in [2.05, 4.69) is 22.2 Å². The van der Waals surface area contributed by atoms with E-state index >= 15 is 0 Å². The minimum atomic E-state index is -0.399. The van der Waals surface area contributed by atoms with Gasteiger partial charge in [0.2, 0.25) is 0 Å². The van der Waals surface area contributed by atoms with Crippen molar-refractivity contribution in [2.45, 2.75) is 39.2 Å². The molecule has 2 atom stereocenters. The fourth-order valence-electron chi connectivity index (χ4n) is 2.37. The summed E-state index contributed by atoms with van der Waals surface area (Å²) in [4.78, 5) is 20.0. The molecule has 1 aliphatic carbocycles. The molecular formula is C13H19N3O2. The lowest BCUT2D eigenvalue weighted by Gasteiger charge is -2.15. The average Bonchev–Trinajstić information content (AvgIpc) is 2.74. The molecule has 0 bridgehead atoms. The van der Waals surface area contributed by atoms with Crippen LogP contribution >= 0.6 is 0 Å². The zero-order chi connectivity index (χ0) is 13.1. The first kappa shape index (κ1) is 12.8. The molecule has 2 unspecified atom stereocenters. The number of ether oxygens (including phenoxy) is 1. The molecule has 1 fully saturated rings. The van der Waals surface area contributed by atoms with Crippen LogP contribution < -0.4 is 5.32 Å². The Morgan fingerprint density at radius 3 is 2.89 bits per heavy atom. The Hall–Kier alpha value is -1.65. The lowest BCUT2D eigenvalue weighted by Crippen LogP contribution is -2.20. The van der Waals surface area contributed by atoms with Gasteiger partial charge in [-0.15, -0.1) is 0 Å². The van der Waals surface area contributed by atoms with E-state index in [1.807, 2.05) is 6.92 Å². The van der Waals surface area contributed by atoms with Crippen molar-refractivity contribution in [3.05, 3.63) is 17.6 Å². The zero-order valence-electron chi connectivity index (χ0n) is 11.1. The first-order valence-corrected chi connectivity index (χ1v) is 6.28. The van der Waals surface area contributed by atoms with E-state index in [0.717, 1.165) is 18.8 Å². The summed E-state index contributed by atoms with van der Waals surface area (Å²) in [5.74, 6) is 1.57. The molecule has 1 saturated carbocycles. The molecule has 0 aromatic carbocycles. The Kier molecular flexibility index (Phi) is 3.79. The number of rotatable bonds is 3. The summed E-state index contributed by atoms with van der Waals surface area (Å²) in [5.41, 5.74) is 0.405. The van der Waals surface area contributed by atoms with Crippen molar-refractivity contribution in [2.75, 3.05) is 12.4 Å². The Bertz CT molecular complexity index is 448. The zero-order valence-corrected chi connectivity index (χ0v) is 11.1. The third-order valence-electron chi connectivity index (χ3n) is 3.35. The molecule has 0 aliphatic heterocycles. The van der Waals surface area contributed by atoms with E-state index in [4.69, 9.17) is 4.74 Å². The van der Waals surface area contributed by atoms with E-state index in [0.29, 0.717) is 23.2 Å². The summed E-state index contributed by atoms with van der Waals surface area (Å²) in [6.07, 6.45) is 4.97. The van der Waals surface area contributed by atoms with Crippen molar-refractivity contribution < 1.29 is 9.53 Å². The van der Waals surface area contributed by atoms with Crippen LogP contribution in [0.3, 0.4) is 0 Å². The van der Waals surface area contributed by atoms with E-state index in [1.165, 1.54) is 19.7 Å². The van der Waals surface area contributed by atoms with Gasteiger partial charge in [0.15, 0.2) is 0 Å². The second-order valence-corrected chi connectivity index (χ2v) is 4.93. The third-order valence-corrected chi connectivity index (χ3v) is 3.35. The first-order valence-electron chi connectivity index (χ1n) is 6.28. The number of aryl methyl sites for hydroxylation is 1. The first-order chi connectivity index (χ1) is 8.60. The van der Waals surface area contributed by atoms with E-state index < -0.39 is 5.97 Å². The highest BCUT2D eigenvalue weighted by atomic mass is 16.5. The van der Waals surface area contributed by atoms with Gasteiger partial charge in [-0.1, -0.05) is 6.92 Å². The molecule has 1 N–H and O–H groups in total. The highest BCUT2D eigenvalue weighted by Crippen LogP contribution is 2.28. The number of anilines is 1. The second kappa shape index (κ2) is 5.33. The van der Waals surface area contributed by atoms with Gasteiger partial charge in [0.05, 0.1) is 7.11 Å². The van der Waals surface area contributed by atoms with Crippen LogP contribution in [0.25, 0.3) is 0 Å². The number of aromatic nitrogens is 2. The number of carbonyl (C=O) groups excluding carboxylic acids is 1. The number of carbonyl (C=O) groups is 1. The summed E-state index contributed by atoms with van der Waals surface area (Å²) >= 11 is 0. The van der Waals surface area contributed by atoms with Crippen LogP contribution in [-0.4, -0.2) is 29.1 Å². The van der Waals surface area contributed by atoms with Crippen LogP contribution in [0.1, 0.15) is 42.4 Å². The van der Waals surface area contributed by atoms with Crippen molar-refractivity contribution in [3.8, 4) is 0 Å². The number of nitrogens with zero attached hydrogens (tertiary/aromatic N) is 2. The van der Waals surface area contributed by atoms with E-state index in [9.17, 15) is 4.79 Å². The highest BCUT2D eigenvalue weighted by molar-refractivity contribution is 5.94. The van der Waals surface area contributed by atoms with E-state index in [1.54, 1.807) is 0 Å². The SMILES string of the molecule is COC(=O)c1cnc(C)nc1NC1CCC(C)C1. The summed E-state index contributed by atoms with van der Waals surface area (Å²) in [6.45, 7) is 4.05. The van der Waals surface area contributed by atoms with Gasteiger partial charge in [-0.2, -0.15) is 0 Å². The van der Waals surface area contributed by atoms with Gasteiger partial charge in [0.1, 0.15) is 17.2 Å². The van der Waals surface area contributed by atoms with Gasteiger partial charge in [-0.25, -0.2) is 14.8 Å². The van der Waals surface area contributed by atoms with Crippen molar-refractivity contribution in [1.29, 1.82) is 0 Å². The van der Waals surface area contributed by atoms with Crippen LogP contribution in [-0.2, 0) is 4.74 Å². The van der Waals surface area contributed by atoms with Gasteiger partial charge >= 0.3 is 5.97 Å². The maximum absolute atomic E-state index is 11.6. The van der Waals surface area contributed by atoms with Crippen LogP contribution in [0.5, 0.6) is 0 Å². The van der Waals surface area contributed by atoms with Gasteiger partial charge in [0, 0.05) is 12.2 Å². The molecule has 1 aromatic rings. The Morgan fingerprint density at radius 1 is 1.50 bits per heavy atom. The average molecular weight is 249 g/mol. The molecule has 5 nitrogen and oxygen atoms in total. The fraction of sp³-hybridized carbons (Fsp3) is 0.615. The summed E-state index contributed by atoms with van der Waals surface area (Å²) in [6, 6.07) is 0.387. The number of esters is 1. The molecular weight excluding hydrogens is 230 g/mol. The smallest absolute Gasteiger partial charge is 0.343 e. The second-order valence-electron chi connectivity index (χ2n) is 4.93. The van der Waals surface area contributed by atoms with Gasteiger partial charge < -0.3 is 10.1 Å². The van der Waals surface area contributed by atoms with Crippen LogP contribution in [0.4, 0.5) is 5.82 Å². The van der Waals surface area contributed by atoms with Crippen LogP contribution in [0.2, 0.25) is 0 Å². The van der Waals surface area contributed by atoms with Crippen molar-refractivity contribution in [1.82, 2.24) is 9.97 Å². The monoisotopic (exact) mass is 249 g/mol. The van der Waals surface area contributed by atoms with Crippen LogP contribution in [0, 0.1) is 12.8 Å². The quantitative estimate of drug-likeness (QED) is 0.832. The number of hydrogen-bond acceptors (Lipinski definition) is 5. The van der Waals surface area contributed by atoms with Gasteiger partial charge in [-0.05, 0) is 32.1 Å². The molecule has 98 valence electrons. The molecule has 0 radical (unpaired) electrons. The molecule has 2 rings (SSSR count). The number of hydrogen-bond donors (Lipinski definition) is 1. The molecule has 1 aliphatic rings.